The summed E-state index contributed by atoms with van der Waals surface area (Å²) in [6, 6.07) is 15.4. The van der Waals surface area contributed by atoms with Gasteiger partial charge >= 0.3 is 5.97 Å². The summed E-state index contributed by atoms with van der Waals surface area (Å²) in [6.07, 6.45) is 2.23. The standard InChI is InChI=1S/C22H26N2O4S/c1-2-3-14-27-17-8-10-18(11-9-17)28-15-16-29-22-23-19-6-4-5-7-20(19)24(22)13-12-21(25)26/h4-11H,2-3,12-16H2,1H3,(H,25,26). The van der Waals surface area contributed by atoms with Crippen molar-refractivity contribution in [3.05, 3.63) is 48.5 Å². The minimum absolute atomic E-state index is 0.0666. The molecule has 0 spiro atoms. The van der Waals surface area contributed by atoms with Gasteiger partial charge in [-0.05, 0) is 42.8 Å². The molecule has 7 heteroatoms. The van der Waals surface area contributed by atoms with Crippen LogP contribution in [0.2, 0.25) is 0 Å². The summed E-state index contributed by atoms with van der Waals surface area (Å²) < 4.78 is 13.4. The van der Waals surface area contributed by atoms with Crippen molar-refractivity contribution in [2.75, 3.05) is 19.0 Å². The molecular formula is C22H26N2O4S. The zero-order chi connectivity index (χ0) is 20.5. The van der Waals surface area contributed by atoms with Crippen molar-refractivity contribution in [1.82, 2.24) is 9.55 Å². The Kier molecular flexibility index (Phi) is 7.81. The van der Waals surface area contributed by atoms with Gasteiger partial charge in [0, 0.05) is 12.3 Å². The lowest BCUT2D eigenvalue weighted by Crippen LogP contribution is -2.07. The van der Waals surface area contributed by atoms with Crippen LogP contribution in [-0.4, -0.2) is 39.6 Å². The fourth-order valence-corrected chi connectivity index (χ4v) is 3.70. The molecule has 1 aromatic heterocycles. The Balaban J connectivity index is 1.53. The number of hydrogen-bond acceptors (Lipinski definition) is 5. The Bertz CT molecular complexity index is 924. The minimum atomic E-state index is -0.816. The van der Waals surface area contributed by atoms with E-state index in [9.17, 15) is 4.79 Å². The lowest BCUT2D eigenvalue weighted by atomic mass is 10.3. The first-order valence-corrected chi connectivity index (χ1v) is 10.8. The number of unbranched alkanes of at least 4 members (excludes halogenated alkanes) is 1. The number of fused-ring (bicyclic) bond motifs is 1. The lowest BCUT2D eigenvalue weighted by Gasteiger charge is -2.09. The maximum absolute atomic E-state index is 11.0. The van der Waals surface area contributed by atoms with Crippen LogP contribution in [0.15, 0.2) is 53.7 Å². The number of aromatic nitrogens is 2. The second-order valence-electron chi connectivity index (χ2n) is 6.55. The zero-order valence-electron chi connectivity index (χ0n) is 16.5. The van der Waals surface area contributed by atoms with Crippen molar-refractivity contribution >= 4 is 28.8 Å². The van der Waals surface area contributed by atoms with Crippen molar-refractivity contribution in [3.8, 4) is 11.5 Å². The maximum atomic E-state index is 11.0. The van der Waals surface area contributed by atoms with Crippen molar-refractivity contribution < 1.29 is 19.4 Å². The number of imidazole rings is 1. The summed E-state index contributed by atoms with van der Waals surface area (Å²) in [5.74, 6) is 1.55. The van der Waals surface area contributed by atoms with Gasteiger partial charge in [0.2, 0.25) is 0 Å². The van der Waals surface area contributed by atoms with E-state index < -0.39 is 5.97 Å². The molecule has 0 unspecified atom stereocenters. The van der Waals surface area contributed by atoms with Gasteiger partial charge in [0.05, 0.1) is 30.7 Å². The van der Waals surface area contributed by atoms with Crippen molar-refractivity contribution in [2.45, 2.75) is 37.9 Å². The predicted octanol–water partition coefficient (Wildman–Crippen LogP) is 4.86. The Labute approximate surface area is 174 Å². The van der Waals surface area contributed by atoms with E-state index >= 15 is 0 Å². The quantitative estimate of drug-likeness (QED) is 0.337. The van der Waals surface area contributed by atoms with Gasteiger partial charge in [-0.3, -0.25) is 4.79 Å². The number of benzene rings is 2. The van der Waals surface area contributed by atoms with Gasteiger partial charge in [-0.2, -0.15) is 0 Å². The highest BCUT2D eigenvalue weighted by Gasteiger charge is 2.12. The highest BCUT2D eigenvalue weighted by atomic mass is 32.2. The van der Waals surface area contributed by atoms with Crippen LogP contribution < -0.4 is 9.47 Å². The van der Waals surface area contributed by atoms with E-state index in [0.29, 0.717) is 18.9 Å². The first-order valence-electron chi connectivity index (χ1n) is 9.83. The number of carboxylic acid groups (broad SMARTS) is 1. The number of para-hydroxylation sites is 2. The summed E-state index contributed by atoms with van der Waals surface area (Å²) in [6.45, 7) is 3.80. The van der Waals surface area contributed by atoms with Gasteiger partial charge in [0.25, 0.3) is 0 Å². The van der Waals surface area contributed by atoms with Crippen molar-refractivity contribution in [3.63, 3.8) is 0 Å². The molecule has 3 rings (SSSR count). The monoisotopic (exact) mass is 414 g/mol. The van der Waals surface area contributed by atoms with E-state index in [4.69, 9.17) is 14.6 Å². The number of rotatable bonds is 12. The van der Waals surface area contributed by atoms with Gasteiger partial charge in [-0.1, -0.05) is 37.2 Å². The summed E-state index contributed by atoms with van der Waals surface area (Å²) in [4.78, 5) is 15.6. The number of hydrogen-bond donors (Lipinski definition) is 1. The molecular weight excluding hydrogens is 388 g/mol. The SMILES string of the molecule is CCCCOc1ccc(OCCSc2nc3ccccc3n2CCC(=O)O)cc1. The van der Waals surface area contributed by atoms with Crippen LogP contribution in [0.25, 0.3) is 11.0 Å². The molecule has 3 aromatic rings. The molecule has 2 aromatic carbocycles. The van der Waals surface area contributed by atoms with Crippen LogP contribution in [0.4, 0.5) is 0 Å². The molecule has 0 saturated heterocycles. The smallest absolute Gasteiger partial charge is 0.305 e. The maximum Gasteiger partial charge on any atom is 0.305 e. The topological polar surface area (TPSA) is 73.6 Å². The lowest BCUT2D eigenvalue weighted by molar-refractivity contribution is -0.137. The number of carboxylic acids is 1. The normalized spacial score (nSPS) is 10.9. The van der Waals surface area contributed by atoms with Crippen LogP contribution in [-0.2, 0) is 11.3 Å². The molecule has 0 saturated carbocycles. The van der Waals surface area contributed by atoms with E-state index in [0.717, 1.165) is 47.1 Å². The first-order chi connectivity index (χ1) is 14.2. The number of nitrogens with zero attached hydrogens (tertiary/aromatic N) is 2. The molecule has 0 bridgehead atoms. The van der Waals surface area contributed by atoms with E-state index in [1.54, 1.807) is 11.8 Å². The average molecular weight is 415 g/mol. The van der Waals surface area contributed by atoms with Crippen LogP contribution in [0, 0.1) is 0 Å². The summed E-state index contributed by atoms with van der Waals surface area (Å²) in [7, 11) is 0. The van der Waals surface area contributed by atoms with Gasteiger partial charge < -0.3 is 19.1 Å². The zero-order valence-corrected chi connectivity index (χ0v) is 17.4. The van der Waals surface area contributed by atoms with Crippen LogP contribution in [0.5, 0.6) is 11.5 Å². The van der Waals surface area contributed by atoms with Gasteiger partial charge in [-0.15, -0.1) is 0 Å². The summed E-state index contributed by atoms with van der Waals surface area (Å²) in [5, 5.41) is 9.84. The van der Waals surface area contributed by atoms with E-state index in [-0.39, 0.29) is 6.42 Å². The molecule has 29 heavy (non-hydrogen) atoms. The molecule has 0 atom stereocenters. The third-order valence-corrected chi connectivity index (χ3v) is 5.28. The Hall–Kier alpha value is -2.67. The molecule has 1 N–H and O–H groups in total. The third kappa shape index (κ3) is 6.15. The number of aliphatic carboxylic acids is 1. The van der Waals surface area contributed by atoms with Crippen molar-refractivity contribution in [2.24, 2.45) is 0 Å². The summed E-state index contributed by atoms with van der Waals surface area (Å²) >= 11 is 1.57. The molecule has 0 radical (unpaired) electrons. The highest BCUT2D eigenvalue weighted by Crippen LogP contribution is 2.25. The summed E-state index contributed by atoms with van der Waals surface area (Å²) in [5.41, 5.74) is 1.83. The second kappa shape index (κ2) is 10.8. The molecule has 0 amide bonds. The van der Waals surface area contributed by atoms with Crippen molar-refractivity contribution in [1.29, 1.82) is 0 Å². The van der Waals surface area contributed by atoms with E-state index in [1.807, 2.05) is 53.1 Å². The third-order valence-electron chi connectivity index (χ3n) is 4.34. The van der Waals surface area contributed by atoms with Crippen LogP contribution in [0.1, 0.15) is 26.2 Å². The Morgan fingerprint density at radius 3 is 2.45 bits per heavy atom. The van der Waals surface area contributed by atoms with E-state index in [2.05, 4.69) is 11.9 Å². The van der Waals surface area contributed by atoms with E-state index in [1.165, 1.54) is 0 Å². The molecule has 1 heterocycles. The molecule has 6 nitrogen and oxygen atoms in total. The molecule has 0 aliphatic carbocycles. The fourth-order valence-electron chi connectivity index (χ4n) is 2.85. The molecule has 154 valence electrons. The van der Waals surface area contributed by atoms with Gasteiger partial charge in [0.1, 0.15) is 11.5 Å². The highest BCUT2D eigenvalue weighted by molar-refractivity contribution is 7.99. The second-order valence-corrected chi connectivity index (χ2v) is 7.61. The number of thioether (sulfide) groups is 1. The van der Waals surface area contributed by atoms with Gasteiger partial charge in [0.15, 0.2) is 5.16 Å². The minimum Gasteiger partial charge on any atom is -0.494 e. The number of carbonyl (C=O) groups is 1. The average Bonchev–Trinajstić information content (AvgIpc) is 3.08. The van der Waals surface area contributed by atoms with Crippen LogP contribution in [0.3, 0.4) is 0 Å². The Morgan fingerprint density at radius 1 is 1.07 bits per heavy atom. The molecule has 0 aliphatic heterocycles. The molecule has 0 fully saturated rings. The number of ether oxygens (including phenoxy) is 2. The Morgan fingerprint density at radius 2 is 1.76 bits per heavy atom. The predicted molar refractivity (Wildman–Crippen MR) is 115 cm³/mol. The number of aryl methyl sites for hydroxylation is 1. The first kappa shape index (κ1) is 21.0. The largest absolute Gasteiger partial charge is 0.494 e. The fraction of sp³-hybridized carbons (Fsp3) is 0.364. The van der Waals surface area contributed by atoms with Gasteiger partial charge in [-0.25, -0.2) is 4.98 Å². The van der Waals surface area contributed by atoms with Crippen LogP contribution >= 0.6 is 11.8 Å². The molecule has 0 aliphatic rings.